The highest BCUT2D eigenvalue weighted by Crippen LogP contribution is 2.24. The van der Waals surface area contributed by atoms with Gasteiger partial charge in [0.05, 0.1) is 6.61 Å². The summed E-state index contributed by atoms with van der Waals surface area (Å²) in [7, 11) is 2.23. The van der Waals surface area contributed by atoms with Crippen molar-refractivity contribution in [2.45, 2.75) is 25.3 Å². The van der Waals surface area contributed by atoms with Gasteiger partial charge in [0.25, 0.3) is 0 Å². The Balaban J connectivity index is 1.46. The van der Waals surface area contributed by atoms with Crippen molar-refractivity contribution < 1.29 is 4.74 Å². The highest BCUT2D eigenvalue weighted by molar-refractivity contribution is 4.82. The first-order valence-corrected chi connectivity index (χ1v) is 5.85. The van der Waals surface area contributed by atoms with E-state index in [1.165, 1.54) is 25.8 Å². The van der Waals surface area contributed by atoms with E-state index in [1.54, 1.807) is 0 Å². The SMILES string of the molecule is CN(CCNCC1CCOC1)C1CC1. The molecule has 0 spiro atoms. The minimum absolute atomic E-state index is 0.765. The van der Waals surface area contributed by atoms with Crippen LogP contribution in [0, 0.1) is 5.92 Å². The lowest BCUT2D eigenvalue weighted by Gasteiger charge is -2.16. The van der Waals surface area contributed by atoms with Crippen LogP contribution in [0.4, 0.5) is 0 Å². The molecule has 1 saturated carbocycles. The predicted octanol–water partition coefficient (Wildman–Crippen LogP) is 0.707. The van der Waals surface area contributed by atoms with Crippen molar-refractivity contribution in [1.29, 1.82) is 0 Å². The van der Waals surface area contributed by atoms with E-state index >= 15 is 0 Å². The van der Waals surface area contributed by atoms with Crippen LogP contribution in [-0.4, -0.2) is 50.8 Å². The fraction of sp³-hybridized carbons (Fsp3) is 1.00. The molecule has 14 heavy (non-hydrogen) atoms. The van der Waals surface area contributed by atoms with Gasteiger partial charge < -0.3 is 15.0 Å². The van der Waals surface area contributed by atoms with E-state index in [1.807, 2.05) is 0 Å². The van der Waals surface area contributed by atoms with Crippen LogP contribution in [0.3, 0.4) is 0 Å². The Morgan fingerprint density at radius 1 is 1.36 bits per heavy atom. The zero-order chi connectivity index (χ0) is 9.80. The molecule has 1 aliphatic heterocycles. The highest BCUT2D eigenvalue weighted by Gasteiger charge is 2.25. The van der Waals surface area contributed by atoms with E-state index in [9.17, 15) is 0 Å². The lowest BCUT2D eigenvalue weighted by atomic mass is 10.1. The van der Waals surface area contributed by atoms with Crippen molar-refractivity contribution in [3.63, 3.8) is 0 Å². The van der Waals surface area contributed by atoms with Gasteiger partial charge in [0, 0.05) is 32.3 Å². The van der Waals surface area contributed by atoms with Crippen molar-refractivity contribution in [2.75, 3.05) is 39.9 Å². The summed E-state index contributed by atoms with van der Waals surface area (Å²) >= 11 is 0. The molecule has 1 atom stereocenters. The summed E-state index contributed by atoms with van der Waals surface area (Å²) in [6.07, 6.45) is 4.06. The average Bonchev–Trinajstić information content (AvgIpc) is 2.92. The highest BCUT2D eigenvalue weighted by atomic mass is 16.5. The van der Waals surface area contributed by atoms with Crippen LogP contribution in [-0.2, 0) is 4.74 Å². The lowest BCUT2D eigenvalue weighted by Crippen LogP contribution is -2.33. The number of nitrogens with zero attached hydrogens (tertiary/aromatic N) is 1. The maximum absolute atomic E-state index is 5.33. The summed E-state index contributed by atoms with van der Waals surface area (Å²) in [5, 5.41) is 3.52. The number of hydrogen-bond acceptors (Lipinski definition) is 3. The Kier molecular flexibility index (Phi) is 3.79. The average molecular weight is 198 g/mol. The summed E-state index contributed by atoms with van der Waals surface area (Å²) in [4.78, 5) is 2.47. The van der Waals surface area contributed by atoms with Crippen LogP contribution in [0.15, 0.2) is 0 Å². The van der Waals surface area contributed by atoms with E-state index in [-0.39, 0.29) is 0 Å². The van der Waals surface area contributed by atoms with Crippen LogP contribution in [0.1, 0.15) is 19.3 Å². The van der Waals surface area contributed by atoms with Crippen molar-refractivity contribution in [2.24, 2.45) is 5.92 Å². The minimum Gasteiger partial charge on any atom is -0.381 e. The molecule has 1 N–H and O–H groups in total. The van der Waals surface area contributed by atoms with Crippen molar-refractivity contribution in [3.8, 4) is 0 Å². The standard InChI is InChI=1S/C11H22N2O/c1-13(11-2-3-11)6-5-12-8-10-4-7-14-9-10/h10-12H,2-9H2,1H3. The zero-order valence-electron chi connectivity index (χ0n) is 9.17. The molecule has 3 heteroatoms. The first kappa shape index (κ1) is 10.4. The van der Waals surface area contributed by atoms with Gasteiger partial charge in [-0.3, -0.25) is 0 Å². The Morgan fingerprint density at radius 2 is 2.21 bits per heavy atom. The molecule has 82 valence electrons. The van der Waals surface area contributed by atoms with E-state index in [2.05, 4.69) is 17.3 Å². The van der Waals surface area contributed by atoms with Crippen molar-refractivity contribution >= 4 is 0 Å². The van der Waals surface area contributed by atoms with Crippen LogP contribution in [0.5, 0.6) is 0 Å². The van der Waals surface area contributed by atoms with Gasteiger partial charge in [-0.05, 0) is 32.2 Å². The van der Waals surface area contributed by atoms with Crippen molar-refractivity contribution in [1.82, 2.24) is 10.2 Å². The van der Waals surface area contributed by atoms with E-state index in [0.717, 1.165) is 38.3 Å². The maximum atomic E-state index is 5.33. The quantitative estimate of drug-likeness (QED) is 0.636. The molecule has 0 radical (unpaired) electrons. The molecule has 0 aromatic heterocycles. The molecule has 0 amide bonds. The van der Waals surface area contributed by atoms with Crippen molar-refractivity contribution in [3.05, 3.63) is 0 Å². The zero-order valence-corrected chi connectivity index (χ0v) is 9.17. The third-order valence-corrected chi connectivity index (χ3v) is 3.27. The molecule has 3 nitrogen and oxygen atoms in total. The van der Waals surface area contributed by atoms with Gasteiger partial charge in [-0.1, -0.05) is 0 Å². The monoisotopic (exact) mass is 198 g/mol. The molecule has 0 aromatic rings. The van der Waals surface area contributed by atoms with Gasteiger partial charge >= 0.3 is 0 Å². The Hall–Kier alpha value is -0.120. The van der Waals surface area contributed by atoms with Gasteiger partial charge in [0.2, 0.25) is 0 Å². The van der Waals surface area contributed by atoms with E-state index in [4.69, 9.17) is 4.74 Å². The van der Waals surface area contributed by atoms with Crippen LogP contribution < -0.4 is 5.32 Å². The molecule has 0 aromatic carbocycles. The normalized spacial score (nSPS) is 27.4. The number of rotatable bonds is 6. The maximum Gasteiger partial charge on any atom is 0.0507 e. The molecule has 2 aliphatic rings. The summed E-state index contributed by atoms with van der Waals surface area (Å²) in [6.45, 7) is 5.39. The van der Waals surface area contributed by atoms with Crippen LogP contribution >= 0.6 is 0 Å². The summed E-state index contributed by atoms with van der Waals surface area (Å²) in [5.41, 5.74) is 0. The largest absolute Gasteiger partial charge is 0.381 e. The van der Waals surface area contributed by atoms with E-state index < -0.39 is 0 Å². The smallest absolute Gasteiger partial charge is 0.0507 e. The number of nitrogens with one attached hydrogen (secondary N) is 1. The van der Waals surface area contributed by atoms with E-state index in [0.29, 0.717) is 0 Å². The summed E-state index contributed by atoms with van der Waals surface area (Å²) < 4.78 is 5.33. The van der Waals surface area contributed by atoms with Gasteiger partial charge in [-0.15, -0.1) is 0 Å². The molecule has 1 heterocycles. The third kappa shape index (κ3) is 3.23. The molecular weight excluding hydrogens is 176 g/mol. The predicted molar refractivity (Wildman–Crippen MR) is 57.4 cm³/mol. The van der Waals surface area contributed by atoms with Crippen LogP contribution in [0.2, 0.25) is 0 Å². The Labute approximate surface area is 86.8 Å². The third-order valence-electron chi connectivity index (χ3n) is 3.27. The van der Waals surface area contributed by atoms with Gasteiger partial charge in [0.1, 0.15) is 0 Å². The van der Waals surface area contributed by atoms with Gasteiger partial charge in [-0.2, -0.15) is 0 Å². The second-order valence-electron chi connectivity index (χ2n) is 4.65. The van der Waals surface area contributed by atoms with Crippen LogP contribution in [0.25, 0.3) is 0 Å². The first-order chi connectivity index (χ1) is 6.86. The topological polar surface area (TPSA) is 24.5 Å². The molecule has 2 rings (SSSR count). The molecule has 0 bridgehead atoms. The molecular formula is C11H22N2O. The number of ether oxygens (including phenoxy) is 1. The molecule has 1 saturated heterocycles. The van der Waals surface area contributed by atoms with Gasteiger partial charge in [-0.25, -0.2) is 0 Å². The number of hydrogen-bond donors (Lipinski definition) is 1. The Morgan fingerprint density at radius 3 is 2.86 bits per heavy atom. The van der Waals surface area contributed by atoms with Gasteiger partial charge in [0.15, 0.2) is 0 Å². The fourth-order valence-corrected chi connectivity index (χ4v) is 2.00. The summed E-state index contributed by atoms with van der Waals surface area (Å²) in [6, 6.07) is 0.895. The summed E-state index contributed by atoms with van der Waals surface area (Å²) in [5.74, 6) is 0.765. The molecule has 2 fully saturated rings. The molecule has 1 aliphatic carbocycles. The minimum atomic E-state index is 0.765. The fourth-order valence-electron chi connectivity index (χ4n) is 2.00. The lowest BCUT2D eigenvalue weighted by molar-refractivity contribution is 0.185. The first-order valence-electron chi connectivity index (χ1n) is 5.85. The second-order valence-corrected chi connectivity index (χ2v) is 4.65. The Bertz CT molecular complexity index is 161. The number of likely N-dealkylation sites (N-methyl/N-ethyl adjacent to an activating group) is 1. The molecule has 1 unspecified atom stereocenters. The second kappa shape index (κ2) is 5.10.